The lowest BCUT2D eigenvalue weighted by Gasteiger charge is -2.27. The first kappa shape index (κ1) is 12.3. The van der Waals surface area contributed by atoms with Crippen LogP contribution in [0.1, 0.15) is 39.0 Å². The second kappa shape index (κ2) is 5.99. The highest BCUT2D eigenvalue weighted by Gasteiger charge is 2.32. The van der Waals surface area contributed by atoms with Gasteiger partial charge in [-0.1, -0.05) is 19.8 Å². The number of aliphatic hydroxyl groups is 1. The van der Waals surface area contributed by atoms with Crippen LogP contribution in [-0.2, 0) is 0 Å². The molecule has 0 aliphatic heterocycles. The molecule has 0 amide bonds. The molecule has 2 nitrogen and oxygen atoms in total. The quantitative estimate of drug-likeness (QED) is 0.714. The van der Waals surface area contributed by atoms with Crippen molar-refractivity contribution >= 4 is 11.8 Å². The second-order valence-corrected chi connectivity index (χ2v) is 5.56. The number of thioether (sulfide) groups is 1. The summed E-state index contributed by atoms with van der Waals surface area (Å²) < 4.78 is 0.466. The van der Waals surface area contributed by atoms with Gasteiger partial charge in [0.1, 0.15) is 0 Å². The van der Waals surface area contributed by atoms with Gasteiger partial charge in [-0.2, -0.15) is 11.8 Å². The van der Waals surface area contributed by atoms with E-state index in [0.717, 1.165) is 19.5 Å². The van der Waals surface area contributed by atoms with Crippen LogP contribution < -0.4 is 5.32 Å². The number of nitrogens with one attached hydrogen (secondary N) is 1. The number of hydrogen-bond donors (Lipinski definition) is 2. The van der Waals surface area contributed by atoms with Crippen LogP contribution >= 0.6 is 11.8 Å². The molecular formula is C11H23NOS. The van der Waals surface area contributed by atoms with Crippen molar-refractivity contribution in [3.8, 4) is 0 Å². The first-order valence-electron chi connectivity index (χ1n) is 5.66. The van der Waals surface area contributed by atoms with Gasteiger partial charge >= 0.3 is 0 Å². The van der Waals surface area contributed by atoms with Crippen molar-refractivity contribution in [2.24, 2.45) is 0 Å². The third-order valence-electron chi connectivity index (χ3n) is 3.25. The molecule has 0 aromatic carbocycles. The molecule has 0 aromatic heterocycles. The first-order valence-corrected chi connectivity index (χ1v) is 6.89. The molecule has 3 heteroatoms. The zero-order chi connectivity index (χ0) is 10.4. The summed E-state index contributed by atoms with van der Waals surface area (Å²) in [7, 11) is 0. The largest absolute Gasteiger partial charge is 0.392 e. The normalized spacial score (nSPS) is 22.5. The lowest BCUT2D eigenvalue weighted by atomic mass is 10.1. The van der Waals surface area contributed by atoms with Gasteiger partial charge in [0.2, 0.25) is 0 Å². The summed E-state index contributed by atoms with van der Waals surface area (Å²) in [5, 5.41) is 12.8. The zero-order valence-electron chi connectivity index (χ0n) is 9.38. The molecule has 0 saturated heterocycles. The average Bonchev–Trinajstić information content (AvgIpc) is 2.67. The van der Waals surface area contributed by atoms with Gasteiger partial charge in [-0.25, -0.2) is 0 Å². The Morgan fingerprint density at radius 1 is 1.43 bits per heavy atom. The number of aliphatic hydroxyl groups excluding tert-OH is 1. The predicted octanol–water partition coefficient (Wildman–Crippen LogP) is 2.02. The van der Waals surface area contributed by atoms with Gasteiger partial charge in [-0.3, -0.25) is 0 Å². The van der Waals surface area contributed by atoms with Crippen LogP contribution in [0.25, 0.3) is 0 Å². The van der Waals surface area contributed by atoms with E-state index in [1.54, 1.807) is 0 Å². The highest BCUT2D eigenvalue weighted by molar-refractivity contribution is 8.00. The van der Waals surface area contributed by atoms with Crippen molar-refractivity contribution in [3.05, 3.63) is 0 Å². The van der Waals surface area contributed by atoms with Crippen LogP contribution in [0.15, 0.2) is 0 Å². The van der Waals surface area contributed by atoms with E-state index in [2.05, 4.69) is 11.6 Å². The van der Waals surface area contributed by atoms with E-state index >= 15 is 0 Å². The molecule has 1 fully saturated rings. The van der Waals surface area contributed by atoms with Gasteiger partial charge in [0.05, 0.1) is 6.10 Å². The topological polar surface area (TPSA) is 32.3 Å². The van der Waals surface area contributed by atoms with Crippen LogP contribution in [0.5, 0.6) is 0 Å². The minimum Gasteiger partial charge on any atom is -0.392 e. The summed E-state index contributed by atoms with van der Waals surface area (Å²) in [5.74, 6) is 0. The predicted molar refractivity (Wildman–Crippen MR) is 63.9 cm³/mol. The van der Waals surface area contributed by atoms with Crippen LogP contribution in [-0.4, -0.2) is 35.3 Å². The fraction of sp³-hybridized carbons (Fsp3) is 1.00. The number of hydrogen-bond acceptors (Lipinski definition) is 3. The molecule has 0 radical (unpaired) electrons. The third-order valence-corrected chi connectivity index (χ3v) is 4.66. The minimum atomic E-state index is -0.171. The molecule has 0 aromatic rings. The summed E-state index contributed by atoms with van der Waals surface area (Å²) in [5.41, 5.74) is 0. The number of rotatable bonds is 6. The van der Waals surface area contributed by atoms with Crippen molar-refractivity contribution in [2.45, 2.75) is 49.9 Å². The van der Waals surface area contributed by atoms with Crippen LogP contribution in [0.2, 0.25) is 0 Å². The van der Waals surface area contributed by atoms with Gasteiger partial charge < -0.3 is 10.4 Å². The van der Waals surface area contributed by atoms with Gasteiger partial charge in [0, 0.05) is 17.8 Å². The first-order chi connectivity index (χ1) is 6.72. The van der Waals surface area contributed by atoms with E-state index in [4.69, 9.17) is 0 Å². The van der Waals surface area contributed by atoms with Gasteiger partial charge in [0.15, 0.2) is 0 Å². The molecule has 1 atom stereocenters. The Morgan fingerprint density at radius 2 is 2.07 bits per heavy atom. The molecule has 14 heavy (non-hydrogen) atoms. The Bertz CT molecular complexity index is 157. The standard InChI is InChI=1S/C11H23NOS/c1-3-10(13)8-12-9-11(14-2)6-4-5-7-11/h10,12-13H,3-9H2,1-2H3. The van der Waals surface area contributed by atoms with Gasteiger partial charge in [0.25, 0.3) is 0 Å². The third kappa shape index (κ3) is 3.44. The SMILES string of the molecule is CCC(O)CNCC1(SC)CCCC1. The molecule has 1 rings (SSSR count). The lowest BCUT2D eigenvalue weighted by Crippen LogP contribution is -2.38. The van der Waals surface area contributed by atoms with E-state index in [0.29, 0.717) is 4.75 Å². The Morgan fingerprint density at radius 3 is 2.57 bits per heavy atom. The van der Waals surface area contributed by atoms with E-state index in [9.17, 15) is 5.11 Å². The molecule has 1 aliphatic carbocycles. The van der Waals surface area contributed by atoms with Gasteiger partial charge in [-0.05, 0) is 25.5 Å². The van der Waals surface area contributed by atoms with Crippen LogP contribution in [0.3, 0.4) is 0 Å². The van der Waals surface area contributed by atoms with E-state index in [1.165, 1.54) is 25.7 Å². The summed E-state index contributed by atoms with van der Waals surface area (Å²) in [6.07, 6.45) is 8.31. The lowest BCUT2D eigenvalue weighted by molar-refractivity contribution is 0.166. The highest BCUT2D eigenvalue weighted by atomic mass is 32.2. The smallest absolute Gasteiger partial charge is 0.0662 e. The van der Waals surface area contributed by atoms with Crippen molar-refractivity contribution in [2.75, 3.05) is 19.3 Å². The maximum Gasteiger partial charge on any atom is 0.0662 e. The Balaban J connectivity index is 2.21. The summed E-state index contributed by atoms with van der Waals surface area (Å²) >= 11 is 1.99. The fourth-order valence-corrected chi connectivity index (χ4v) is 3.03. The average molecular weight is 217 g/mol. The molecular weight excluding hydrogens is 194 g/mol. The Labute approximate surface area is 91.9 Å². The summed E-state index contributed by atoms with van der Waals surface area (Å²) in [6, 6.07) is 0. The summed E-state index contributed by atoms with van der Waals surface area (Å²) in [4.78, 5) is 0. The zero-order valence-corrected chi connectivity index (χ0v) is 10.2. The van der Waals surface area contributed by atoms with E-state index < -0.39 is 0 Å². The minimum absolute atomic E-state index is 0.171. The fourth-order valence-electron chi connectivity index (χ4n) is 2.08. The molecule has 2 N–H and O–H groups in total. The van der Waals surface area contributed by atoms with Crippen molar-refractivity contribution < 1.29 is 5.11 Å². The molecule has 0 bridgehead atoms. The monoisotopic (exact) mass is 217 g/mol. The van der Waals surface area contributed by atoms with Crippen molar-refractivity contribution in [1.29, 1.82) is 0 Å². The molecule has 1 unspecified atom stereocenters. The molecule has 0 spiro atoms. The molecule has 0 heterocycles. The highest BCUT2D eigenvalue weighted by Crippen LogP contribution is 2.39. The van der Waals surface area contributed by atoms with Crippen molar-refractivity contribution in [3.63, 3.8) is 0 Å². The maximum atomic E-state index is 9.42. The van der Waals surface area contributed by atoms with Crippen LogP contribution in [0.4, 0.5) is 0 Å². The second-order valence-electron chi connectivity index (χ2n) is 4.29. The van der Waals surface area contributed by atoms with Gasteiger partial charge in [-0.15, -0.1) is 0 Å². The molecule has 1 aliphatic rings. The van der Waals surface area contributed by atoms with Crippen molar-refractivity contribution in [1.82, 2.24) is 5.32 Å². The van der Waals surface area contributed by atoms with E-state index in [-0.39, 0.29) is 6.10 Å². The molecule has 1 saturated carbocycles. The Hall–Kier alpha value is 0.270. The van der Waals surface area contributed by atoms with E-state index in [1.807, 2.05) is 18.7 Å². The molecule has 84 valence electrons. The maximum absolute atomic E-state index is 9.42. The van der Waals surface area contributed by atoms with Crippen LogP contribution in [0, 0.1) is 0 Å². The Kier molecular flexibility index (Phi) is 5.28. The summed E-state index contributed by atoms with van der Waals surface area (Å²) in [6.45, 7) is 3.83.